The molecule has 5 heteroatoms. The van der Waals surface area contributed by atoms with Gasteiger partial charge in [-0.05, 0) is 99.7 Å². The van der Waals surface area contributed by atoms with Crippen molar-refractivity contribution in [2.75, 3.05) is 0 Å². The number of carboxylic acid groups (broad SMARTS) is 1. The molecule has 5 nitrogen and oxygen atoms in total. The van der Waals surface area contributed by atoms with Gasteiger partial charge in [0, 0.05) is 5.41 Å². The predicted molar refractivity (Wildman–Crippen MR) is 113 cm³/mol. The molecule has 0 spiro atoms. The van der Waals surface area contributed by atoms with E-state index in [4.69, 9.17) is 4.74 Å². The lowest BCUT2D eigenvalue weighted by atomic mass is 9.49. The number of ether oxygens (including phenoxy) is 1. The summed E-state index contributed by atoms with van der Waals surface area (Å²) in [6, 6.07) is 7.16. The van der Waals surface area contributed by atoms with Gasteiger partial charge < -0.3 is 15.2 Å². The van der Waals surface area contributed by atoms with E-state index < -0.39 is 12.0 Å². The molecule has 5 saturated carbocycles. The summed E-state index contributed by atoms with van der Waals surface area (Å²) in [6.07, 6.45) is 11.7. The van der Waals surface area contributed by atoms with Gasteiger partial charge in [0.05, 0.1) is 18.6 Å². The van der Waals surface area contributed by atoms with Crippen LogP contribution in [0.15, 0.2) is 24.3 Å². The van der Waals surface area contributed by atoms with Gasteiger partial charge in [-0.3, -0.25) is 9.59 Å². The number of carbonyl (C=O) groups excluding carboxylic acids is 1. The van der Waals surface area contributed by atoms with Crippen molar-refractivity contribution < 1.29 is 19.4 Å². The molecule has 30 heavy (non-hydrogen) atoms. The minimum Gasteiger partial charge on any atom is -0.490 e. The first kappa shape index (κ1) is 19.9. The Morgan fingerprint density at radius 2 is 1.57 bits per heavy atom. The Morgan fingerprint density at radius 1 is 1.00 bits per heavy atom. The minimum absolute atomic E-state index is 0.0825. The number of nitrogens with one attached hydrogen (secondary N) is 1. The highest BCUT2D eigenvalue weighted by Gasteiger charge is 2.54. The van der Waals surface area contributed by atoms with Crippen LogP contribution < -0.4 is 10.1 Å². The van der Waals surface area contributed by atoms with E-state index in [1.165, 1.54) is 32.1 Å². The van der Waals surface area contributed by atoms with E-state index in [1.807, 2.05) is 24.3 Å². The number of rotatable bonds is 7. The highest BCUT2D eigenvalue weighted by Crippen LogP contribution is 2.60. The van der Waals surface area contributed by atoms with E-state index in [1.54, 1.807) is 0 Å². The molecule has 1 aromatic rings. The molecule has 0 aromatic heterocycles. The normalized spacial score (nSPS) is 33.4. The monoisotopic (exact) mass is 411 g/mol. The first-order valence-electron chi connectivity index (χ1n) is 11.8. The van der Waals surface area contributed by atoms with E-state index >= 15 is 0 Å². The maximum absolute atomic E-state index is 13.4. The summed E-state index contributed by atoms with van der Waals surface area (Å²) < 4.78 is 6.03. The summed E-state index contributed by atoms with van der Waals surface area (Å²) in [7, 11) is 0. The molecule has 4 bridgehead atoms. The average Bonchev–Trinajstić information content (AvgIpc) is 3.20. The summed E-state index contributed by atoms with van der Waals surface area (Å²) in [5.41, 5.74) is 0.575. The quantitative estimate of drug-likeness (QED) is 0.672. The fourth-order valence-corrected chi connectivity index (χ4v) is 7.10. The lowest BCUT2D eigenvalue weighted by molar-refractivity contribution is -0.147. The highest BCUT2D eigenvalue weighted by molar-refractivity contribution is 5.84. The van der Waals surface area contributed by atoms with Crippen LogP contribution in [0.5, 0.6) is 5.75 Å². The molecule has 1 amide bonds. The van der Waals surface area contributed by atoms with E-state index in [0.29, 0.717) is 23.9 Å². The molecule has 5 fully saturated rings. The highest BCUT2D eigenvalue weighted by atomic mass is 16.5. The van der Waals surface area contributed by atoms with Gasteiger partial charge in [-0.25, -0.2) is 0 Å². The lowest BCUT2D eigenvalue weighted by Gasteiger charge is -2.55. The second kappa shape index (κ2) is 7.90. The third-order valence-corrected chi connectivity index (χ3v) is 8.09. The van der Waals surface area contributed by atoms with Crippen LogP contribution in [0.1, 0.15) is 82.2 Å². The molecule has 6 rings (SSSR count). The van der Waals surface area contributed by atoms with Crippen molar-refractivity contribution in [2.24, 2.45) is 23.2 Å². The van der Waals surface area contributed by atoms with E-state index in [0.717, 1.165) is 43.4 Å². The van der Waals surface area contributed by atoms with Crippen LogP contribution in [-0.4, -0.2) is 23.1 Å². The van der Waals surface area contributed by atoms with E-state index in [2.05, 4.69) is 5.32 Å². The molecule has 1 atom stereocenters. The molecule has 0 heterocycles. The van der Waals surface area contributed by atoms with Crippen LogP contribution in [0, 0.1) is 23.2 Å². The second-order valence-corrected chi connectivity index (χ2v) is 10.4. The van der Waals surface area contributed by atoms with Crippen LogP contribution >= 0.6 is 0 Å². The zero-order valence-corrected chi connectivity index (χ0v) is 17.6. The van der Waals surface area contributed by atoms with Gasteiger partial charge in [-0.1, -0.05) is 12.1 Å². The Kier molecular flexibility index (Phi) is 5.24. The number of benzene rings is 1. The Bertz CT molecular complexity index is 761. The molecule has 0 aliphatic heterocycles. The third kappa shape index (κ3) is 3.95. The Labute approximate surface area is 178 Å². The van der Waals surface area contributed by atoms with Gasteiger partial charge in [0.15, 0.2) is 0 Å². The first-order chi connectivity index (χ1) is 14.5. The van der Waals surface area contributed by atoms with Gasteiger partial charge in [-0.15, -0.1) is 0 Å². The van der Waals surface area contributed by atoms with Gasteiger partial charge in [0.25, 0.3) is 0 Å². The zero-order chi connectivity index (χ0) is 20.7. The summed E-state index contributed by atoms with van der Waals surface area (Å²) in [5.74, 6) is 2.08. The summed E-state index contributed by atoms with van der Waals surface area (Å²) >= 11 is 0. The van der Waals surface area contributed by atoms with E-state index in [9.17, 15) is 14.7 Å². The van der Waals surface area contributed by atoms with Crippen LogP contribution in [0.4, 0.5) is 0 Å². The zero-order valence-electron chi connectivity index (χ0n) is 17.6. The van der Waals surface area contributed by atoms with Crippen molar-refractivity contribution in [1.82, 2.24) is 5.32 Å². The topological polar surface area (TPSA) is 75.6 Å². The van der Waals surface area contributed by atoms with Crippen LogP contribution in [0.2, 0.25) is 0 Å². The molecule has 162 valence electrons. The number of carboxylic acids is 1. The molecule has 5 aliphatic rings. The third-order valence-electron chi connectivity index (χ3n) is 8.09. The Hall–Kier alpha value is -2.04. The smallest absolute Gasteiger partial charge is 0.305 e. The number of amides is 1. The number of aliphatic carboxylic acids is 1. The first-order valence-corrected chi connectivity index (χ1v) is 11.8. The van der Waals surface area contributed by atoms with E-state index in [-0.39, 0.29) is 17.7 Å². The van der Waals surface area contributed by atoms with Gasteiger partial charge in [-0.2, -0.15) is 0 Å². The number of carbonyl (C=O) groups is 2. The molecule has 5 aliphatic carbocycles. The summed E-state index contributed by atoms with van der Waals surface area (Å²) in [6.45, 7) is 0. The number of hydrogen-bond donors (Lipinski definition) is 2. The van der Waals surface area contributed by atoms with Gasteiger partial charge in [0.1, 0.15) is 5.75 Å². The summed E-state index contributed by atoms with van der Waals surface area (Å²) in [4.78, 5) is 25.0. The summed E-state index contributed by atoms with van der Waals surface area (Å²) in [5, 5.41) is 12.6. The Morgan fingerprint density at radius 3 is 2.10 bits per heavy atom. The predicted octanol–water partition coefficient (Wildman–Crippen LogP) is 4.86. The second-order valence-electron chi connectivity index (χ2n) is 10.4. The minimum atomic E-state index is -0.892. The maximum Gasteiger partial charge on any atom is 0.305 e. The fourth-order valence-electron chi connectivity index (χ4n) is 7.10. The van der Waals surface area contributed by atoms with Crippen molar-refractivity contribution in [3.63, 3.8) is 0 Å². The average molecular weight is 412 g/mol. The van der Waals surface area contributed by atoms with Crippen LogP contribution in [-0.2, 0) is 9.59 Å². The molecular formula is C25H33NO4. The fraction of sp³-hybridized carbons (Fsp3) is 0.680. The lowest BCUT2D eigenvalue weighted by Crippen LogP contribution is -2.54. The van der Waals surface area contributed by atoms with Crippen molar-refractivity contribution in [1.29, 1.82) is 0 Å². The van der Waals surface area contributed by atoms with Gasteiger partial charge in [0.2, 0.25) is 5.91 Å². The molecular weight excluding hydrogens is 378 g/mol. The molecule has 0 unspecified atom stereocenters. The van der Waals surface area contributed by atoms with Gasteiger partial charge >= 0.3 is 5.97 Å². The molecule has 1 aromatic carbocycles. The molecule has 2 N–H and O–H groups in total. The molecule has 0 saturated heterocycles. The Balaban J connectivity index is 1.29. The SMILES string of the molecule is O=C(O)C[C@@H](NC(=O)C12CC3CC(CC(C3)C1)C2)c1ccc(OC2CCCC2)cc1. The van der Waals surface area contributed by atoms with Crippen LogP contribution in [0.25, 0.3) is 0 Å². The maximum atomic E-state index is 13.4. The van der Waals surface area contributed by atoms with Crippen molar-refractivity contribution in [2.45, 2.75) is 82.8 Å². The van der Waals surface area contributed by atoms with Crippen LogP contribution in [0.3, 0.4) is 0 Å². The van der Waals surface area contributed by atoms with Crippen molar-refractivity contribution in [3.8, 4) is 5.75 Å². The standard InChI is InChI=1S/C25H33NO4/c27-23(28)12-22(19-5-7-21(8-6-19)30-20-3-1-2-4-20)26-24(29)25-13-16-9-17(14-25)11-18(10-16)15-25/h5-8,16-18,20,22H,1-4,9-15H2,(H,26,29)(H,27,28)/t16?,17?,18?,22-,25?/m1/s1. The van der Waals surface area contributed by atoms with Crippen molar-refractivity contribution in [3.05, 3.63) is 29.8 Å². The largest absolute Gasteiger partial charge is 0.490 e. The molecule has 0 radical (unpaired) electrons. The number of hydrogen-bond acceptors (Lipinski definition) is 3. The van der Waals surface area contributed by atoms with Crippen molar-refractivity contribution >= 4 is 11.9 Å².